The fraction of sp³-hybridized carbons (Fsp3) is 0.333. The number of ether oxygens (including phenoxy) is 1. The number of benzene rings is 1. The molecule has 3 rings (SSSR count). The molecule has 1 aliphatic rings. The lowest BCUT2D eigenvalue weighted by Crippen LogP contribution is -2.33. The summed E-state index contributed by atoms with van der Waals surface area (Å²) in [6.07, 6.45) is 1.93. The number of rotatable bonds is 8. The van der Waals surface area contributed by atoms with Crippen molar-refractivity contribution in [2.45, 2.75) is 13.0 Å². The number of aromatic nitrogens is 2. The maximum absolute atomic E-state index is 14.4. The molecule has 1 aromatic carbocycles. The number of imidazole rings is 1. The fourth-order valence-electron chi connectivity index (χ4n) is 2.76. The molecule has 0 unspecified atom stereocenters. The highest BCUT2D eigenvalue weighted by molar-refractivity contribution is 5.90. The van der Waals surface area contributed by atoms with Crippen LogP contribution in [0, 0.1) is 5.82 Å². The zero-order valence-corrected chi connectivity index (χ0v) is 15.7. The summed E-state index contributed by atoms with van der Waals surface area (Å²) in [4.78, 5) is 42.5. The largest absolute Gasteiger partial charge is 0.442 e. The molecule has 154 valence electrons. The second-order valence-corrected chi connectivity index (χ2v) is 6.34. The van der Waals surface area contributed by atoms with Gasteiger partial charge in [-0.05, 0) is 18.2 Å². The van der Waals surface area contributed by atoms with Crippen LogP contribution in [0.3, 0.4) is 0 Å². The van der Waals surface area contributed by atoms with Gasteiger partial charge >= 0.3 is 6.09 Å². The van der Waals surface area contributed by atoms with Gasteiger partial charge in [-0.15, -0.1) is 0 Å². The Kier molecular flexibility index (Phi) is 6.27. The first-order valence-electron chi connectivity index (χ1n) is 8.97. The van der Waals surface area contributed by atoms with E-state index in [1.807, 2.05) is 0 Å². The molecule has 1 fully saturated rings. The highest BCUT2D eigenvalue weighted by Gasteiger charge is 2.32. The quantitative estimate of drug-likeness (QED) is 0.483. The van der Waals surface area contributed by atoms with E-state index in [0.29, 0.717) is 12.2 Å². The van der Waals surface area contributed by atoms with Crippen LogP contribution in [0.25, 0.3) is 0 Å². The zero-order valence-electron chi connectivity index (χ0n) is 15.7. The van der Waals surface area contributed by atoms with E-state index in [9.17, 15) is 18.8 Å². The molecule has 4 N–H and O–H groups in total. The molecule has 1 aliphatic heterocycles. The van der Waals surface area contributed by atoms with Crippen molar-refractivity contribution in [3.63, 3.8) is 0 Å². The van der Waals surface area contributed by atoms with E-state index in [1.54, 1.807) is 12.3 Å². The lowest BCUT2D eigenvalue weighted by Gasteiger charge is -2.15. The van der Waals surface area contributed by atoms with Crippen LogP contribution in [-0.2, 0) is 9.53 Å². The van der Waals surface area contributed by atoms with E-state index >= 15 is 0 Å². The van der Waals surface area contributed by atoms with Gasteiger partial charge in [0.05, 0.1) is 24.5 Å². The number of hydrogen-bond donors (Lipinski definition) is 4. The highest BCUT2D eigenvalue weighted by atomic mass is 19.1. The molecule has 0 saturated carbocycles. The summed E-state index contributed by atoms with van der Waals surface area (Å²) in [5.74, 6) is -0.914. The van der Waals surface area contributed by atoms with Crippen molar-refractivity contribution in [3.05, 3.63) is 42.2 Å². The van der Waals surface area contributed by atoms with Crippen molar-refractivity contribution in [1.82, 2.24) is 20.6 Å². The second kappa shape index (κ2) is 9.04. The van der Waals surface area contributed by atoms with Gasteiger partial charge in [-0.25, -0.2) is 14.2 Å². The summed E-state index contributed by atoms with van der Waals surface area (Å²) < 4.78 is 19.6. The summed E-state index contributed by atoms with van der Waals surface area (Å²) in [6.45, 7) is 2.35. The number of aromatic amines is 1. The molecule has 3 amide bonds. The Balaban J connectivity index is 1.50. The first kappa shape index (κ1) is 20.1. The Morgan fingerprint density at radius 2 is 2.17 bits per heavy atom. The molecule has 10 nitrogen and oxygen atoms in total. The van der Waals surface area contributed by atoms with Gasteiger partial charge < -0.3 is 25.7 Å². The van der Waals surface area contributed by atoms with Gasteiger partial charge in [-0.3, -0.25) is 14.5 Å². The zero-order chi connectivity index (χ0) is 20.8. The third-order valence-electron chi connectivity index (χ3n) is 4.16. The van der Waals surface area contributed by atoms with E-state index < -0.39 is 18.0 Å². The van der Waals surface area contributed by atoms with Gasteiger partial charge in [0.25, 0.3) is 5.91 Å². The molecule has 1 saturated heterocycles. The van der Waals surface area contributed by atoms with E-state index in [-0.39, 0.29) is 43.0 Å². The number of carbonyl (C=O) groups excluding carboxylic acids is 3. The van der Waals surface area contributed by atoms with E-state index in [0.717, 1.165) is 0 Å². The number of cyclic esters (lactones) is 1. The van der Waals surface area contributed by atoms with Gasteiger partial charge in [0.1, 0.15) is 11.9 Å². The summed E-state index contributed by atoms with van der Waals surface area (Å²) in [6, 6.07) is 4.33. The average molecular weight is 404 g/mol. The minimum Gasteiger partial charge on any atom is -0.442 e. The summed E-state index contributed by atoms with van der Waals surface area (Å²) in [5.41, 5.74) is 0.595. The smallest absolute Gasteiger partial charge is 0.414 e. The number of hydrogen-bond acceptors (Lipinski definition) is 6. The first-order chi connectivity index (χ1) is 13.9. The molecule has 2 heterocycles. The van der Waals surface area contributed by atoms with Crippen LogP contribution in [0.15, 0.2) is 30.6 Å². The van der Waals surface area contributed by atoms with E-state index in [1.165, 1.54) is 30.2 Å². The van der Waals surface area contributed by atoms with Crippen molar-refractivity contribution in [2.24, 2.45) is 0 Å². The van der Waals surface area contributed by atoms with Gasteiger partial charge in [0.15, 0.2) is 5.82 Å². The summed E-state index contributed by atoms with van der Waals surface area (Å²) in [7, 11) is 0. The van der Waals surface area contributed by atoms with Gasteiger partial charge in [0.2, 0.25) is 5.91 Å². The molecule has 0 radical (unpaired) electrons. The average Bonchev–Trinajstić information content (AvgIpc) is 3.34. The number of halogens is 1. The third kappa shape index (κ3) is 5.21. The van der Waals surface area contributed by atoms with Crippen LogP contribution in [-0.4, -0.2) is 60.2 Å². The normalized spacial score (nSPS) is 15.7. The lowest BCUT2D eigenvalue weighted by atomic mass is 10.2. The Labute approximate surface area is 165 Å². The van der Waals surface area contributed by atoms with Crippen LogP contribution in [0.4, 0.5) is 20.6 Å². The Hall–Kier alpha value is -3.63. The minimum absolute atomic E-state index is 0.198. The Bertz CT molecular complexity index is 888. The summed E-state index contributed by atoms with van der Waals surface area (Å²) in [5, 5.41) is 8.11. The third-order valence-corrected chi connectivity index (χ3v) is 4.16. The number of nitrogens with one attached hydrogen (secondary N) is 4. The molecule has 1 aromatic heterocycles. The monoisotopic (exact) mass is 404 g/mol. The molecule has 29 heavy (non-hydrogen) atoms. The van der Waals surface area contributed by atoms with Crippen LogP contribution in [0.1, 0.15) is 17.5 Å². The SMILES string of the molecule is CC(=O)NC[C@H]1CN(c2ccc(NCCNC(=O)c3ncc[nH]3)c(F)c2)C(=O)O1. The van der Waals surface area contributed by atoms with Gasteiger partial charge in [0, 0.05) is 32.4 Å². The van der Waals surface area contributed by atoms with Crippen molar-refractivity contribution in [1.29, 1.82) is 0 Å². The Morgan fingerprint density at radius 1 is 1.34 bits per heavy atom. The van der Waals surface area contributed by atoms with Crippen molar-refractivity contribution in [2.75, 3.05) is 36.4 Å². The second-order valence-electron chi connectivity index (χ2n) is 6.34. The standard InChI is InChI=1S/C18H21FN6O4/c1-11(26)24-9-13-10-25(18(28)29-13)12-2-3-15(14(19)8-12)20-4-7-23-17(27)16-21-5-6-22-16/h2-3,5-6,8,13,20H,4,7,9-10H2,1H3,(H,21,22)(H,23,27)(H,24,26)/t13-/m0/s1. The molecule has 11 heteroatoms. The van der Waals surface area contributed by atoms with Crippen LogP contribution in [0.2, 0.25) is 0 Å². The van der Waals surface area contributed by atoms with Crippen LogP contribution in [0.5, 0.6) is 0 Å². The number of carbonyl (C=O) groups is 3. The van der Waals surface area contributed by atoms with E-state index in [2.05, 4.69) is 25.9 Å². The maximum Gasteiger partial charge on any atom is 0.414 e. The molecule has 0 spiro atoms. The van der Waals surface area contributed by atoms with Crippen molar-refractivity contribution < 1.29 is 23.5 Å². The predicted octanol–water partition coefficient (Wildman–Crippen LogP) is 0.852. The van der Waals surface area contributed by atoms with Gasteiger partial charge in [-0.2, -0.15) is 0 Å². The topological polar surface area (TPSA) is 128 Å². The Morgan fingerprint density at radius 3 is 2.86 bits per heavy atom. The molecular weight excluding hydrogens is 383 g/mol. The molecule has 0 aliphatic carbocycles. The van der Waals surface area contributed by atoms with E-state index in [4.69, 9.17) is 4.74 Å². The van der Waals surface area contributed by atoms with Gasteiger partial charge in [-0.1, -0.05) is 0 Å². The number of anilines is 2. The number of H-pyrrole nitrogens is 1. The van der Waals surface area contributed by atoms with Crippen LogP contribution >= 0.6 is 0 Å². The summed E-state index contributed by atoms with van der Waals surface area (Å²) >= 11 is 0. The van der Waals surface area contributed by atoms with Crippen LogP contribution < -0.4 is 20.9 Å². The van der Waals surface area contributed by atoms with Crippen molar-refractivity contribution in [3.8, 4) is 0 Å². The van der Waals surface area contributed by atoms with Crippen molar-refractivity contribution >= 4 is 29.3 Å². The molecule has 1 atom stereocenters. The predicted molar refractivity (Wildman–Crippen MR) is 102 cm³/mol. The molecule has 0 bridgehead atoms. The molecular formula is C18H21FN6O4. The fourth-order valence-corrected chi connectivity index (χ4v) is 2.76. The highest BCUT2D eigenvalue weighted by Crippen LogP contribution is 2.25. The maximum atomic E-state index is 14.4. The lowest BCUT2D eigenvalue weighted by molar-refractivity contribution is -0.119. The number of amides is 3. The number of nitrogens with zero attached hydrogens (tertiary/aromatic N) is 2. The first-order valence-corrected chi connectivity index (χ1v) is 8.97. The minimum atomic E-state index is -0.596. The molecule has 2 aromatic rings.